The zero-order chi connectivity index (χ0) is 25.6. The van der Waals surface area contributed by atoms with E-state index in [4.69, 9.17) is 14.6 Å². The Balaban J connectivity index is 1.74. The van der Waals surface area contributed by atoms with Crippen LogP contribution in [0.25, 0.3) is 0 Å². The van der Waals surface area contributed by atoms with Crippen molar-refractivity contribution >= 4 is 11.9 Å². The minimum atomic E-state index is -0.586. The Kier molecular flexibility index (Phi) is 13.7. The lowest BCUT2D eigenvalue weighted by molar-refractivity contribution is -0.146. The third kappa shape index (κ3) is 10.9. The van der Waals surface area contributed by atoms with E-state index in [1.807, 2.05) is 0 Å². The summed E-state index contributed by atoms with van der Waals surface area (Å²) in [6.07, 6.45) is 18.5. The predicted octanol–water partition coefficient (Wildman–Crippen LogP) is 6.79. The number of hydrogen-bond acceptors (Lipinski definition) is 5. The summed E-state index contributed by atoms with van der Waals surface area (Å²) < 4.78 is 10.8. The van der Waals surface area contributed by atoms with Crippen LogP contribution < -0.4 is 0 Å². The molecule has 5 nitrogen and oxygen atoms in total. The van der Waals surface area contributed by atoms with Crippen LogP contribution in [0.1, 0.15) is 104 Å². The van der Waals surface area contributed by atoms with Crippen molar-refractivity contribution in [3.63, 3.8) is 0 Å². The molecule has 2 aliphatic rings. The van der Waals surface area contributed by atoms with Crippen molar-refractivity contribution in [1.29, 1.82) is 0 Å². The fraction of sp³-hybridized carbons (Fsp3) is 0.800. The minimum absolute atomic E-state index is 0.0429. The smallest absolute Gasteiger partial charge is 0.335 e. The first-order valence-corrected chi connectivity index (χ1v) is 14.1. The van der Waals surface area contributed by atoms with Crippen LogP contribution in [0.3, 0.4) is 0 Å². The fourth-order valence-corrected chi connectivity index (χ4v) is 5.89. The molecule has 0 aliphatic heterocycles. The second kappa shape index (κ2) is 16.2. The normalized spacial score (nSPS) is 25.5. The van der Waals surface area contributed by atoms with Crippen LogP contribution in [0.5, 0.6) is 0 Å². The van der Waals surface area contributed by atoms with E-state index in [-0.39, 0.29) is 24.7 Å². The van der Waals surface area contributed by atoms with Gasteiger partial charge < -0.3 is 14.6 Å². The summed E-state index contributed by atoms with van der Waals surface area (Å²) in [7, 11) is 0. The molecule has 0 spiro atoms. The molecular weight excluding hydrogens is 440 g/mol. The largest absolute Gasteiger partial charge is 0.462 e. The summed E-state index contributed by atoms with van der Waals surface area (Å²) in [6.45, 7) is 11.1. The molecule has 200 valence electrons. The average Bonchev–Trinajstić information content (AvgIpc) is 2.87. The van der Waals surface area contributed by atoms with Crippen LogP contribution in [-0.2, 0) is 19.1 Å². The average molecular weight is 491 g/mol. The molecule has 0 saturated heterocycles. The number of rotatable bonds is 15. The molecule has 2 rings (SSSR count). The molecule has 0 heterocycles. The zero-order valence-corrected chi connectivity index (χ0v) is 22.4. The van der Waals surface area contributed by atoms with Crippen molar-refractivity contribution in [3.05, 3.63) is 24.3 Å². The highest BCUT2D eigenvalue weighted by Crippen LogP contribution is 2.39. The van der Waals surface area contributed by atoms with Crippen LogP contribution in [-0.4, -0.2) is 36.9 Å². The number of carbonyl (C=O) groups excluding carboxylic acids is 2. The van der Waals surface area contributed by atoms with Crippen molar-refractivity contribution in [3.8, 4) is 0 Å². The molecular formula is C30H50O5. The Labute approximate surface area is 213 Å². The summed E-state index contributed by atoms with van der Waals surface area (Å²) in [4.78, 5) is 23.9. The number of aliphatic hydroxyl groups excluding tert-OH is 1. The zero-order valence-electron chi connectivity index (χ0n) is 22.4. The van der Waals surface area contributed by atoms with Gasteiger partial charge in [-0.25, -0.2) is 9.59 Å². The van der Waals surface area contributed by atoms with Gasteiger partial charge in [-0.2, -0.15) is 0 Å². The molecule has 0 aromatic rings. The number of hydrogen-bond donors (Lipinski definition) is 1. The highest BCUT2D eigenvalue weighted by molar-refractivity contribution is 5.88. The Hall–Kier alpha value is -1.62. The first-order valence-electron chi connectivity index (χ1n) is 14.1. The number of ether oxygens (including phenoxy) is 2. The number of esters is 2. The van der Waals surface area contributed by atoms with Gasteiger partial charge in [-0.05, 0) is 43.4 Å². The molecule has 0 aromatic heterocycles. The van der Waals surface area contributed by atoms with Gasteiger partial charge in [0.2, 0.25) is 0 Å². The van der Waals surface area contributed by atoms with Gasteiger partial charge in [0.25, 0.3) is 0 Å². The van der Waals surface area contributed by atoms with E-state index in [1.54, 1.807) is 6.92 Å². The molecule has 0 amide bonds. The van der Waals surface area contributed by atoms with Gasteiger partial charge in [-0.15, -0.1) is 0 Å². The highest BCUT2D eigenvalue weighted by Gasteiger charge is 2.30. The molecule has 35 heavy (non-hydrogen) atoms. The maximum Gasteiger partial charge on any atom is 0.335 e. The lowest BCUT2D eigenvalue weighted by Crippen LogP contribution is -2.31. The molecule has 1 N–H and O–H groups in total. The van der Waals surface area contributed by atoms with Crippen molar-refractivity contribution in [2.24, 2.45) is 29.6 Å². The maximum atomic E-state index is 12.0. The van der Waals surface area contributed by atoms with E-state index >= 15 is 0 Å². The summed E-state index contributed by atoms with van der Waals surface area (Å²) in [5, 5.41) is 9.11. The van der Waals surface area contributed by atoms with Gasteiger partial charge in [0.15, 0.2) is 0 Å². The molecule has 0 aromatic carbocycles. The van der Waals surface area contributed by atoms with Gasteiger partial charge in [0.1, 0.15) is 0 Å². The Morgan fingerprint density at radius 3 is 1.77 bits per heavy atom. The van der Waals surface area contributed by atoms with E-state index in [1.165, 1.54) is 77.0 Å². The second-order valence-electron chi connectivity index (χ2n) is 11.2. The van der Waals surface area contributed by atoms with Crippen LogP contribution in [0.2, 0.25) is 0 Å². The first kappa shape index (κ1) is 29.6. The summed E-state index contributed by atoms with van der Waals surface area (Å²) in [5.74, 6) is 2.00. The predicted molar refractivity (Wildman–Crippen MR) is 141 cm³/mol. The monoisotopic (exact) mass is 490 g/mol. The summed E-state index contributed by atoms with van der Waals surface area (Å²) in [6, 6.07) is 0. The Morgan fingerprint density at radius 1 is 0.800 bits per heavy atom. The van der Waals surface area contributed by atoms with Gasteiger partial charge in [0.05, 0.1) is 25.4 Å². The third-order valence-electron chi connectivity index (χ3n) is 8.41. The molecule has 0 bridgehead atoms. The van der Waals surface area contributed by atoms with Crippen molar-refractivity contribution in [1.82, 2.24) is 0 Å². The SMILES string of the molecule is C=C(C)C(=O)OCC(COC(=O)C(=C)CO)C1CCC(CCC2CCC(CCCCC)CC2)CC1. The van der Waals surface area contributed by atoms with Gasteiger partial charge in [-0.3, -0.25) is 0 Å². The summed E-state index contributed by atoms with van der Waals surface area (Å²) in [5.41, 5.74) is 0.412. The fourth-order valence-electron chi connectivity index (χ4n) is 5.89. The third-order valence-corrected chi connectivity index (χ3v) is 8.41. The van der Waals surface area contributed by atoms with Crippen molar-refractivity contribution in [2.45, 2.75) is 104 Å². The molecule has 1 unspecified atom stereocenters. The van der Waals surface area contributed by atoms with E-state index in [2.05, 4.69) is 20.1 Å². The second-order valence-corrected chi connectivity index (χ2v) is 11.2. The quantitative estimate of drug-likeness (QED) is 0.155. The van der Waals surface area contributed by atoms with Crippen LogP contribution in [0.4, 0.5) is 0 Å². The molecule has 1 atom stereocenters. The van der Waals surface area contributed by atoms with Crippen molar-refractivity contribution in [2.75, 3.05) is 19.8 Å². The van der Waals surface area contributed by atoms with Gasteiger partial charge in [-0.1, -0.05) is 97.1 Å². The minimum Gasteiger partial charge on any atom is -0.462 e. The molecule has 5 heteroatoms. The lowest BCUT2D eigenvalue weighted by atomic mass is 9.72. The van der Waals surface area contributed by atoms with Gasteiger partial charge in [0, 0.05) is 11.5 Å². The van der Waals surface area contributed by atoms with E-state index in [0.29, 0.717) is 11.5 Å². The maximum absolute atomic E-state index is 12.0. The first-order chi connectivity index (χ1) is 16.8. The Bertz CT molecular complexity index is 668. The van der Waals surface area contributed by atoms with Crippen LogP contribution in [0, 0.1) is 29.6 Å². The van der Waals surface area contributed by atoms with Gasteiger partial charge >= 0.3 is 11.9 Å². The molecule has 2 fully saturated rings. The molecule has 2 saturated carbocycles. The van der Waals surface area contributed by atoms with E-state index in [9.17, 15) is 9.59 Å². The van der Waals surface area contributed by atoms with E-state index < -0.39 is 18.5 Å². The van der Waals surface area contributed by atoms with Crippen LogP contribution in [0.15, 0.2) is 24.3 Å². The summed E-state index contributed by atoms with van der Waals surface area (Å²) >= 11 is 0. The number of carbonyl (C=O) groups is 2. The molecule has 0 radical (unpaired) electrons. The van der Waals surface area contributed by atoms with Crippen LogP contribution >= 0.6 is 0 Å². The lowest BCUT2D eigenvalue weighted by Gasteiger charge is -2.35. The highest BCUT2D eigenvalue weighted by atomic mass is 16.5. The molecule has 2 aliphatic carbocycles. The van der Waals surface area contributed by atoms with Crippen molar-refractivity contribution < 1.29 is 24.2 Å². The topological polar surface area (TPSA) is 72.8 Å². The van der Waals surface area contributed by atoms with E-state index in [0.717, 1.165) is 30.6 Å². The number of unbranched alkanes of at least 4 members (excludes halogenated alkanes) is 2. The Morgan fingerprint density at radius 2 is 1.29 bits per heavy atom. The standard InChI is InChI=1S/C30H50O5/c1-5-6-7-8-24-9-11-25(12-10-24)13-14-26-15-17-27(18-16-26)28(20-34-29(32)22(2)3)21-35-30(33)23(4)19-31/h24-28,31H,2,4-21H2,1,3H3. The number of aliphatic hydroxyl groups is 1.